The van der Waals surface area contributed by atoms with Crippen molar-refractivity contribution in [1.82, 2.24) is 0 Å². The molecule has 0 radical (unpaired) electrons. The molecular formula is C9H7ClF2O2. The van der Waals surface area contributed by atoms with Crippen molar-refractivity contribution >= 4 is 17.9 Å². The maximum atomic E-state index is 11.9. The van der Waals surface area contributed by atoms with Gasteiger partial charge in [-0.25, -0.2) is 0 Å². The standard InChI is InChI=1S/C9H7ClF2O2/c1-5-6(4-13)7(10)2-3-8(5)14-9(11)12/h2-4,9H,1H3. The Hall–Kier alpha value is -1.16. The number of alkyl halides is 2. The number of benzene rings is 1. The first-order chi connectivity index (χ1) is 6.56. The van der Waals surface area contributed by atoms with E-state index < -0.39 is 6.61 Å². The minimum atomic E-state index is -2.91. The summed E-state index contributed by atoms with van der Waals surface area (Å²) in [7, 11) is 0. The van der Waals surface area contributed by atoms with Gasteiger partial charge in [-0.15, -0.1) is 0 Å². The Morgan fingerprint density at radius 2 is 2.14 bits per heavy atom. The van der Waals surface area contributed by atoms with E-state index in [9.17, 15) is 13.6 Å². The maximum absolute atomic E-state index is 11.9. The Morgan fingerprint density at radius 1 is 1.50 bits per heavy atom. The summed E-state index contributed by atoms with van der Waals surface area (Å²) in [4.78, 5) is 10.6. The van der Waals surface area contributed by atoms with Crippen molar-refractivity contribution in [3.63, 3.8) is 0 Å². The van der Waals surface area contributed by atoms with Crippen LogP contribution in [0.1, 0.15) is 15.9 Å². The zero-order valence-corrected chi connectivity index (χ0v) is 8.02. The number of carbonyl (C=O) groups is 1. The van der Waals surface area contributed by atoms with Crippen molar-refractivity contribution < 1.29 is 18.3 Å². The van der Waals surface area contributed by atoms with Gasteiger partial charge in [0.2, 0.25) is 0 Å². The van der Waals surface area contributed by atoms with Crippen LogP contribution in [0, 0.1) is 6.92 Å². The van der Waals surface area contributed by atoms with Crippen LogP contribution in [0.4, 0.5) is 8.78 Å². The Balaban J connectivity index is 3.14. The zero-order chi connectivity index (χ0) is 10.7. The van der Waals surface area contributed by atoms with E-state index in [2.05, 4.69) is 4.74 Å². The molecule has 0 N–H and O–H groups in total. The molecule has 0 atom stereocenters. The second kappa shape index (κ2) is 4.37. The number of hydrogen-bond donors (Lipinski definition) is 0. The molecule has 0 aliphatic carbocycles. The van der Waals surface area contributed by atoms with Gasteiger partial charge in [-0.1, -0.05) is 11.6 Å². The van der Waals surface area contributed by atoms with E-state index in [1.54, 1.807) is 0 Å². The lowest BCUT2D eigenvalue weighted by molar-refractivity contribution is -0.0503. The molecule has 0 bridgehead atoms. The van der Waals surface area contributed by atoms with Crippen molar-refractivity contribution in [2.24, 2.45) is 0 Å². The molecule has 0 amide bonds. The predicted molar refractivity (Wildman–Crippen MR) is 48.2 cm³/mol. The highest BCUT2D eigenvalue weighted by Gasteiger charge is 2.12. The smallest absolute Gasteiger partial charge is 0.387 e. The number of rotatable bonds is 3. The molecule has 2 nitrogen and oxygen atoms in total. The molecule has 0 aliphatic heterocycles. The molecule has 14 heavy (non-hydrogen) atoms. The summed E-state index contributed by atoms with van der Waals surface area (Å²) in [5, 5.41) is 0.221. The van der Waals surface area contributed by atoms with Crippen molar-refractivity contribution in [1.29, 1.82) is 0 Å². The molecule has 0 unspecified atom stereocenters. The zero-order valence-electron chi connectivity index (χ0n) is 7.26. The normalized spacial score (nSPS) is 10.4. The van der Waals surface area contributed by atoms with E-state index in [4.69, 9.17) is 11.6 Å². The molecule has 0 saturated heterocycles. The first-order valence-corrected chi connectivity index (χ1v) is 4.13. The molecule has 0 fully saturated rings. The van der Waals surface area contributed by atoms with Crippen LogP contribution in [0.25, 0.3) is 0 Å². The highest BCUT2D eigenvalue weighted by Crippen LogP contribution is 2.27. The molecule has 0 spiro atoms. The second-order valence-corrected chi connectivity index (χ2v) is 2.99. The molecule has 1 rings (SSSR count). The summed E-state index contributed by atoms with van der Waals surface area (Å²) in [5.41, 5.74) is 0.484. The van der Waals surface area contributed by atoms with Crippen LogP contribution in [0.5, 0.6) is 5.75 Å². The molecule has 0 saturated carbocycles. The monoisotopic (exact) mass is 220 g/mol. The van der Waals surface area contributed by atoms with E-state index in [0.29, 0.717) is 11.8 Å². The summed E-state index contributed by atoms with van der Waals surface area (Å²) in [5.74, 6) is -0.0356. The van der Waals surface area contributed by atoms with Gasteiger partial charge >= 0.3 is 6.61 Å². The number of aldehydes is 1. The van der Waals surface area contributed by atoms with E-state index in [1.165, 1.54) is 19.1 Å². The number of halogens is 3. The molecule has 1 aromatic carbocycles. The highest BCUT2D eigenvalue weighted by atomic mass is 35.5. The molecule has 0 aromatic heterocycles. The molecule has 0 aliphatic rings. The molecule has 1 aromatic rings. The van der Waals surface area contributed by atoms with Crippen LogP contribution in [0.15, 0.2) is 12.1 Å². The van der Waals surface area contributed by atoms with Crippen molar-refractivity contribution in [2.45, 2.75) is 13.5 Å². The summed E-state index contributed by atoms with van der Waals surface area (Å²) in [6.45, 7) is -1.41. The summed E-state index contributed by atoms with van der Waals surface area (Å²) in [6.07, 6.45) is 0.510. The third kappa shape index (κ3) is 2.20. The van der Waals surface area contributed by atoms with E-state index in [-0.39, 0.29) is 16.3 Å². The van der Waals surface area contributed by atoms with Gasteiger partial charge in [0, 0.05) is 11.1 Å². The van der Waals surface area contributed by atoms with Gasteiger partial charge in [0.05, 0.1) is 5.02 Å². The van der Waals surface area contributed by atoms with Crippen LogP contribution >= 0.6 is 11.6 Å². The van der Waals surface area contributed by atoms with Crippen molar-refractivity contribution in [3.05, 3.63) is 28.3 Å². The van der Waals surface area contributed by atoms with Gasteiger partial charge < -0.3 is 4.74 Å². The van der Waals surface area contributed by atoms with Gasteiger partial charge in [0.25, 0.3) is 0 Å². The largest absolute Gasteiger partial charge is 0.435 e. The quantitative estimate of drug-likeness (QED) is 0.732. The lowest BCUT2D eigenvalue weighted by atomic mass is 10.1. The third-order valence-corrected chi connectivity index (χ3v) is 2.08. The average Bonchev–Trinajstić information content (AvgIpc) is 2.10. The number of ether oxygens (including phenoxy) is 1. The van der Waals surface area contributed by atoms with Crippen LogP contribution < -0.4 is 4.74 Å². The van der Waals surface area contributed by atoms with E-state index in [0.717, 1.165) is 0 Å². The Kier molecular flexibility index (Phi) is 3.41. The lowest BCUT2D eigenvalue weighted by Crippen LogP contribution is -2.04. The topological polar surface area (TPSA) is 26.3 Å². The fourth-order valence-corrected chi connectivity index (χ4v) is 1.29. The van der Waals surface area contributed by atoms with Gasteiger partial charge in [-0.3, -0.25) is 4.79 Å². The van der Waals surface area contributed by atoms with E-state index >= 15 is 0 Å². The van der Waals surface area contributed by atoms with Crippen molar-refractivity contribution in [2.75, 3.05) is 0 Å². The van der Waals surface area contributed by atoms with Gasteiger partial charge in [-0.2, -0.15) is 8.78 Å². The Morgan fingerprint density at radius 3 is 2.64 bits per heavy atom. The SMILES string of the molecule is Cc1c(OC(F)F)ccc(Cl)c1C=O. The summed E-state index contributed by atoms with van der Waals surface area (Å²) >= 11 is 5.66. The van der Waals surface area contributed by atoms with Crippen LogP contribution in [-0.4, -0.2) is 12.9 Å². The number of hydrogen-bond acceptors (Lipinski definition) is 2. The third-order valence-electron chi connectivity index (χ3n) is 1.75. The minimum Gasteiger partial charge on any atom is -0.435 e. The molecule has 0 heterocycles. The average molecular weight is 221 g/mol. The summed E-state index contributed by atoms with van der Waals surface area (Å²) in [6, 6.07) is 2.65. The van der Waals surface area contributed by atoms with Crippen LogP contribution in [-0.2, 0) is 0 Å². The predicted octanol–water partition coefficient (Wildman–Crippen LogP) is 3.06. The second-order valence-electron chi connectivity index (χ2n) is 2.58. The minimum absolute atomic E-state index is 0.0356. The maximum Gasteiger partial charge on any atom is 0.387 e. The molecule has 76 valence electrons. The first kappa shape index (κ1) is 10.9. The highest BCUT2D eigenvalue weighted by molar-refractivity contribution is 6.33. The Labute approximate surface area is 84.4 Å². The van der Waals surface area contributed by atoms with Gasteiger partial charge in [0.1, 0.15) is 5.75 Å². The first-order valence-electron chi connectivity index (χ1n) is 3.75. The van der Waals surface area contributed by atoms with Crippen LogP contribution in [0.3, 0.4) is 0 Å². The van der Waals surface area contributed by atoms with E-state index in [1.807, 2.05) is 0 Å². The lowest BCUT2D eigenvalue weighted by Gasteiger charge is -2.09. The summed E-state index contributed by atoms with van der Waals surface area (Å²) < 4.78 is 28.0. The fraction of sp³-hybridized carbons (Fsp3) is 0.222. The Bertz CT molecular complexity index is 353. The fourth-order valence-electron chi connectivity index (χ4n) is 1.04. The van der Waals surface area contributed by atoms with Gasteiger partial charge in [0.15, 0.2) is 6.29 Å². The number of carbonyl (C=O) groups excluding carboxylic acids is 1. The van der Waals surface area contributed by atoms with Crippen LogP contribution in [0.2, 0.25) is 5.02 Å². The molecular weight excluding hydrogens is 214 g/mol. The molecule has 5 heteroatoms. The van der Waals surface area contributed by atoms with Crippen molar-refractivity contribution in [3.8, 4) is 5.75 Å². The van der Waals surface area contributed by atoms with Gasteiger partial charge in [-0.05, 0) is 19.1 Å².